The van der Waals surface area contributed by atoms with Gasteiger partial charge in [0.05, 0.1) is 0 Å². The standard InChI is InChI=1S/C14H12O6S2.C3H3N3/c15-21(16,17)13(11-7-3-1-4-8-11)14(22(18,19)20)12-9-5-2-6-10-12;1-4-2-6-3-5-1/h1-10H,(H,15,16,17)(H,18,19,20);1-3H. The molecule has 28 heavy (non-hydrogen) atoms. The average molecular weight is 421 g/mol. The first kappa shape index (κ1) is 21.3. The highest BCUT2D eigenvalue weighted by Gasteiger charge is 2.30. The molecular formula is C17H15N3O6S2. The van der Waals surface area contributed by atoms with Crippen LogP contribution < -0.4 is 0 Å². The molecule has 0 saturated carbocycles. The molecule has 0 aliphatic carbocycles. The maximum absolute atomic E-state index is 11.7. The summed E-state index contributed by atoms with van der Waals surface area (Å²) in [5.41, 5.74) is -0.108. The Kier molecular flexibility index (Phi) is 7.06. The lowest BCUT2D eigenvalue weighted by Crippen LogP contribution is -2.11. The summed E-state index contributed by atoms with van der Waals surface area (Å²) in [4.78, 5) is 8.94. The Morgan fingerprint density at radius 2 is 0.857 bits per heavy atom. The van der Waals surface area contributed by atoms with Gasteiger partial charge in [0, 0.05) is 0 Å². The highest BCUT2D eigenvalue weighted by molar-refractivity contribution is 8.01. The van der Waals surface area contributed by atoms with Crippen LogP contribution >= 0.6 is 0 Å². The molecule has 2 aromatic carbocycles. The molecule has 0 radical (unpaired) electrons. The predicted molar refractivity (Wildman–Crippen MR) is 103 cm³/mol. The van der Waals surface area contributed by atoms with E-state index in [1.165, 1.54) is 67.5 Å². The van der Waals surface area contributed by atoms with Crippen LogP contribution in [0.4, 0.5) is 0 Å². The fourth-order valence-corrected chi connectivity index (χ4v) is 4.38. The third kappa shape index (κ3) is 6.03. The molecule has 0 amide bonds. The Morgan fingerprint density at radius 3 is 1.07 bits per heavy atom. The van der Waals surface area contributed by atoms with Gasteiger partial charge in [-0.05, 0) is 11.1 Å². The van der Waals surface area contributed by atoms with E-state index >= 15 is 0 Å². The van der Waals surface area contributed by atoms with Crippen molar-refractivity contribution in [3.63, 3.8) is 0 Å². The first-order chi connectivity index (χ1) is 13.2. The van der Waals surface area contributed by atoms with E-state index in [2.05, 4.69) is 15.0 Å². The summed E-state index contributed by atoms with van der Waals surface area (Å²) in [6, 6.07) is 14.4. The lowest BCUT2D eigenvalue weighted by molar-refractivity contribution is 0.491. The molecule has 0 saturated heterocycles. The van der Waals surface area contributed by atoms with Gasteiger partial charge in [0.1, 0.15) is 28.8 Å². The molecule has 9 nitrogen and oxygen atoms in total. The molecule has 1 heterocycles. The van der Waals surface area contributed by atoms with E-state index in [1.54, 1.807) is 12.1 Å². The minimum atomic E-state index is -4.91. The molecule has 11 heteroatoms. The molecule has 3 rings (SSSR count). The lowest BCUT2D eigenvalue weighted by Gasteiger charge is -2.11. The van der Waals surface area contributed by atoms with Gasteiger partial charge in [0.2, 0.25) is 0 Å². The van der Waals surface area contributed by atoms with Crippen molar-refractivity contribution in [2.45, 2.75) is 0 Å². The number of hydrogen-bond donors (Lipinski definition) is 2. The highest BCUT2D eigenvalue weighted by Crippen LogP contribution is 2.33. The quantitative estimate of drug-likeness (QED) is 0.477. The Balaban J connectivity index is 0.000000397. The zero-order valence-electron chi connectivity index (χ0n) is 14.2. The first-order valence-corrected chi connectivity index (χ1v) is 10.4. The van der Waals surface area contributed by atoms with Crippen LogP contribution in [0.15, 0.2) is 79.6 Å². The van der Waals surface area contributed by atoms with E-state index in [1.807, 2.05) is 0 Å². The summed E-state index contributed by atoms with van der Waals surface area (Å²) >= 11 is 0. The molecule has 0 aliphatic rings. The van der Waals surface area contributed by atoms with Crippen molar-refractivity contribution in [1.29, 1.82) is 0 Å². The summed E-state index contributed by atoms with van der Waals surface area (Å²) in [7, 11) is -9.82. The summed E-state index contributed by atoms with van der Waals surface area (Å²) in [6.07, 6.45) is 4.31. The van der Waals surface area contributed by atoms with E-state index in [-0.39, 0.29) is 11.1 Å². The number of nitrogens with zero attached hydrogens (tertiary/aromatic N) is 3. The van der Waals surface area contributed by atoms with E-state index < -0.39 is 30.0 Å². The first-order valence-electron chi connectivity index (χ1n) is 7.56. The van der Waals surface area contributed by atoms with Crippen molar-refractivity contribution >= 4 is 30.0 Å². The van der Waals surface area contributed by atoms with E-state index in [4.69, 9.17) is 0 Å². The van der Waals surface area contributed by atoms with Crippen LogP contribution in [0.25, 0.3) is 9.81 Å². The molecule has 146 valence electrons. The van der Waals surface area contributed by atoms with Crippen molar-refractivity contribution in [3.8, 4) is 0 Å². The molecule has 0 bridgehead atoms. The number of rotatable bonds is 4. The fourth-order valence-electron chi connectivity index (χ4n) is 2.18. The molecule has 0 fully saturated rings. The second-order valence-corrected chi connectivity index (χ2v) is 7.85. The summed E-state index contributed by atoms with van der Waals surface area (Å²) in [5.74, 6) is 0. The van der Waals surface area contributed by atoms with E-state index in [9.17, 15) is 25.9 Å². The van der Waals surface area contributed by atoms with Gasteiger partial charge in [-0.15, -0.1) is 0 Å². The zero-order chi connectivity index (χ0) is 20.6. The summed E-state index contributed by atoms with van der Waals surface area (Å²) < 4.78 is 65.8. The van der Waals surface area contributed by atoms with Crippen molar-refractivity contribution in [1.82, 2.24) is 15.0 Å². The Labute approximate surface area is 162 Å². The minimum absolute atomic E-state index is 0.0542. The van der Waals surface area contributed by atoms with Gasteiger partial charge >= 0.3 is 0 Å². The predicted octanol–water partition coefficient (Wildman–Crippen LogP) is 2.16. The fraction of sp³-hybridized carbons (Fsp3) is 0. The van der Waals surface area contributed by atoms with Crippen LogP contribution in [0, 0.1) is 0 Å². The topological polar surface area (TPSA) is 147 Å². The van der Waals surface area contributed by atoms with Gasteiger partial charge < -0.3 is 0 Å². The largest absolute Gasteiger partial charge is 0.296 e. The van der Waals surface area contributed by atoms with Crippen LogP contribution in [0.1, 0.15) is 11.1 Å². The summed E-state index contributed by atoms with van der Waals surface area (Å²) in [6.45, 7) is 0. The molecular weight excluding hydrogens is 406 g/mol. The molecule has 0 atom stereocenters. The number of benzene rings is 2. The normalized spacial score (nSPS) is 12.4. The third-order valence-corrected chi connectivity index (χ3v) is 5.23. The molecule has 0 unspecified atom stereocenters. The van der Waals surface area contributed by atoms with Gasteiger partial charge in [-0.3, -0.25) is 9.11 Å². The van der Waals surface area contributed by atoms with Gasteiger partial charge in [0.15, 0.2) is 0 Å². The van der Waals surface area contributed by atoms with Crippen LogP contribution in [-0.4, -0.2) is 40.9 Å². The van der Waals surface area contributed by atoms with Gasteiger partial charge in [-0.2, -0.15) is 16.8 Å². The minimum Gasteiger partial charge on any atom is -0.282 e. The Hall–Kier alpha value is -2.99. The van der Waals surface area contributed by atoms with Crippen LogP contribution in [-0.2, 0) is 20.2 Å². The monoisotopic (exact) mass is 421 g/mol. The Morgan fingerprint density at radius 1 is 0.571 bits per heavy atom. The van der Waals surface area contributed by atoms with Crippen LogP contribution in [0.2, 0.25) is 0 Å². The lowest BCUT2D eigenvalue weighted by atomic mass is 10.1. The van der Waals surface area contributed by atoms with Crippen molar-refractivity contribution in [3.05, 3.63) is 90.8 Å². The summed E-state index contributed by atoms with van der Waals surface area (Å²) in [5, 5.41) is 0. The second kappa shape index (κ2) is 9.28. The molecule has 0 aliphatic heterocycles. The molecule has 1 aromatic heterocycles. The molecule has 0 spiro atoms. The van der Waals surface area contributed by atoms with Crippen molar-refractivity contribution in [2.75, 3.05) is 0 Å². The van der Waals surface area contributed by atoms with Crippen molar-refractivity contribution < 1.29 is 25.9 Å². The van der Waals surface area contributed by atoms with E-state index in [0.29, 0.717) is 0 Å². The van der Waals surface area contributed by atoms with Crippen LogP contribution in [0.3, 0.4) is 0 Å². The SMILES string of the molecule is O=S(=O)(O)C(=C(c1ccccc1)S(=O)(=O)O)c1ccccc1.c1ncncn1. The average Bonchev–Trinajstić information content (AvgIpc) is 2.67. The second-order valence-electron chi connectivity index (χ2n) is 5.13. The van der Waals surface area contributed by atoms with E-state index in [0.717, 1.165) is 0 Å². The molecule has 3 aromatic rings. The Bertz CT molecular complexity index is 1030. The van der Waals surface area contributed by atoms with Crippen LogP contribution in [0.5, 0.6) is 0 Å². The van der Waals surface area contributed by atoms with Gasteiger partial charge in [0.25, 0.3) is 20.2 Å². The zero-order valence-corrected chi connectivity index (χ0v) is 15.8. The highest BCUT2D eigenvalue weighted by atomic mass is 32.2. The van der Waals surface area contributed by atoms with Gasteiger partial charge in [-0.25, -0.2) is 15.0 Å². The maximum Gasteiger partial charge on any atom is 0.296 e. The third-order valence-electron chi connectivity index (χ3n) is 3.19. The maximum atomic E-state index is 11.7. The molecule has 2 N–H and O–H groups in total. The number of hydrogen-bond acceptors (Lipinski definition) is 7. The van der Waals surface area contributed by atoms with Crippen molar-refractivity contribution in [2.24, 2.45) is 0 Å². The smallest absolute Gasteiger partial charge is 0.282 e. The van der Waals surface area contributed by atoms with Gasteiger partial charge in [-0.1, -0.05) is 60.7 Å². The number of aromatic nitrogens is 3.